The van der Waals surface area contributed by atoms with Crippen molar-refractivity contribution < 1.29 is 17.6 Å². The summed E-state index contributed by atoms with van der Waals surface area (Å²) < 4.78 is 39.7. The molecule has 25 heavy (non-hydrogen) atoms. The minimum Gasteiger partial charge on any atom is -0.351 e. The molecule has 132 valence electrons. The van der Waals surface area contributed by atoms with E-state index in [-0.39, 0.29) is 23.9 Å². The summed E-state index contributed by atoms with van der Waals surface area (Å²) in [7, 11) is -3.84. The molecule has 1 aliphatic rings. The molecule has 3 rings (SSSR count). The number of benzene rings is 1. The van der Waals surface area contributed by atoms with Crippen molar-refractivity contribution in [2.24, 2.45) is 0 Å². The number of hydrogen-bond donors (Lipinski definition) is 1. The average molecular weight is 363 g/mol. The van der Waals surface area contributed by atoms with Crippen LogP contribution in [0.25, 0.3) is 0 Å². The van der Waals surface area contributed by atoms with E-state index in [2.05, 4.69) is 10.3 Å². The number of halogens is 1. The van der Waals surface area contributed by atoms with Gasteiger partial charge in [-0.05, 0) is 48.7 Å². The number of pyridine rings is 1. The smallest absolute Gasteiger partial charge is 0.243 e. The zero-order valence-electron chi connectivity index (χ0n) is 13.4. The summed E-state index contributed by atoms with van der Waals surface area (Å²) in [6.45, 7) is 0.554. The quantitative estimate of drug-likeness (QED) is 0.877. The highest BCUT2D eigenvalue weighted by atomic mass is 32.2. The molecule has 0 radical (unpaired) electrons. The number of carbonyl (C=O) groups is 1. The third-order valence-electron chi connectivity index (χ3n) is 4.12. The van der Waals surface area contributed by atoms with E-state index < -0.39 is 21.9 Å². The lowest BCUT2D eigenvalue weighted by atomic mass is 10.2. The summed E-state index contributed by atoms with van der Waals surface area (Å²) >= 11 is 0. The molecule has 1 aliphatic heterocycles. The molecule has 0 aliphatic carbocycles. The van der Waals surface area contributed by atoms with Crippen molar-refractivity contribution in [2.45, 2.75) is 30.3 Å². The first-order valence-corrected chi connectivity index (χ1v) is 9.36. The topological polar surface area (TPSA) is 79.4 Å². The third-order valence-corrected chi connectivity index (χ3v) is 6.04. The lowest BCUT2D eigenvalue weighted by Gasteiger charge is -2.23. The maximum absolute atomic E-state index is 13.0. The van der Waals surface area contributed by atoms with Crippen LogP contribution in [0.2, 0.25) is 0 Å². The fourth-order valence-corrected chi connectivity index (χ4v) is 4.50. The van der Waals surface area contributed by atoms with Crippen molar-refractivity contribution in [1.82, 2.24) is 14.6 Å². The van der Waals surface area contributed by atoms with Gasteiger partial charge in [-0.3, -0.25) is 9.78 Å². The molecule has 1 aromatic carbocycles. The molecule has 0 saturated carbocycles. The Labute approximate surface area is 145 Å². The minimum absolute atomic E-state index is 0.0131. The number of carbonyl (C=O) groups excluding carboxylic acids is 1. The average Bonchev–Trinajstić information content (AvgIpc) is 3.12. The number of sulfonamides is 1. The standard InChI is InChI=1S/C17H18FN3O3S/c18-14-5-7-15(8-6-14)25(23,24)21-10-2-4-16(21)17(22)20-12-13-3-1-9-19-11-13/h1,3,5-9,11,16H,2,4,10,12H2,(H,20,22)/t16-/m0/s1. The van der Waals surface area contributed by atoms with Crippen LogP contribution >= 0.6 is 0 Å². The fourth-order valence-electron chi connectivity index (χ4n) is 2.84. The Bertz CT molecular complexity index is 841. The molecule has 0 unspecified atom stereocenters. The van der Waals surface area contributed by atoms with Gasteiger partial charge in [-0.15, -0.1) is 0 Å². The predicted octanol–water partition coefficient (Wildman–Crippen LogP) is 1.69. The maximum atomic E-state index is 13.0. The van der Waals surface area contributed by atoms with Crippen molar-refractivity contribution in [2.75, 3.05) is 6.54 Å². The van der Waals surface area contributed by atoms with E-state index in [9.17, 15) is 17.6 Å². The Kier molecular flexibility index (Phi) is 5.10. The van der Waals surface area contributed by atoms with E-state index in [4.69, 9.17) is 0 Å². The molecule has 6 nitrogen and oxygen atoms in total. The molecule has 2 heterocycles. The Morgan fingerprint density at radius 3 is 2.72 bits per heavy atom. The van der Waals surface area contributed by atoms with Crippen LogP contribution in [0, 0.1) is 5.82 Å². The van der Waals surface area contributed by atoms with Gasteiger partial charge in [0.1, 0.15) is 11.9 Å². The van der Waals surface area contributed by atoms with Crippen LogP contribution in [0.4, 0.5) is 4.39 Å². The number of amides is 1. The van der Waals surface area contributed by atoms with Gasteiger partial charge < -0.3 is 5.32 Å². The summed E-state index contributed by atoms with van der Waals surface area (Å²) in [6, 6.07) is 7.46. The van der Waals surface area contributed by atoms with Crippen molar-refractivity contribution in [1.29, 1.82) is 0 Å². The molecule has 0 bridgehead atoms. The van der Waals surface area contributed by atoms with Crippen molar-refractivity contribution >= 4 is 15.9 Å². The van der Waals surface area contributed by atoms with E-state index in [1.165, 1.54) is 16.4 Å². The van der Waals surface area contributed by atoms with Gasteiger partial charge in [-0.25, -0.2) is 12.8 Å². The lowest BCUT2D eigenvalue weighted by Crippen LogP contribution is -2.45. The predicted molar refractivity (Wildman–Crippen MR) is 89.4 cm³/mol. The van der Waals surface area contributed by atoms with Gasteiger partial charge in [0.05, 0.1) is 4.90 Å². The van der Waals surface area contributed by atoms with E-state index in [0.717, 1.165) is 17.7 Å². The van der Waals surface area contributed by atoms with E-state index >= 15 is 0 Å². The van der Waals surface area contributed by atoms with E-state index in [1.807, 2.05) is 6.07 Å². The summed E-state index contributed by atoms with van der Waals surface area (Å²) in [5.74, 6) is -0.849. The minimum atomic E-state index is -3.84. The van der Waals surface area contributed by atoms with E-state index in [1.54, 1.807) is 18.5 Å². The van der Waals surface area contributed by atoms with Crippen molar-refractivity contribution in [3.05, 3.63) is 60.2 Å². The molecule has 1 fully saturated rings. The van der Waals surface area contributed by atoms with Gasteiger partial charge >= 0.3 is 0 Å². The third kappa shape index (κ3) is 3.85. The van der Waals surface area contributed by atoms with Gasteiger partial charge in [0, 0.05) is 25.5 Å². The second-order valence-electron chi connectivity index (χ2n) is 5.81. The van der Waals surface area contributed by atoms with Crippen LogP contribution in [0.3, 0.4) is 0 Å². The first-order chi connectivity index (χ1) is 12.0. The van der Waals surface area contributed by atoms with Crippen LogP contribution < -0.4 is 5.32 Å². The van der Waals surface area contributed by atoms with Crippen LogP contribution in [0.1, 0.15) is 18.4 Å². The van der Waals surface area contributed by atoms with Crippen molar-refractivity contribution in [3.63, 3.8) is 0 Å². The second-order valence-corrected chi connectivity index (χ2v) is 7.70. The maximum Gasteiger partial charge on any atom is 0.243 e. The molecule has 8 heteroatoms. The largest absolute Gasteiger partial charge is 0.351 e. The molecular formula is C17H18FN3O3S. The fraction of sp³-hybridized carbons (Fsp3) is 0.294. The van der Waals surface area contributed by atoms with Crippen LogP contribution in [0.5, 0.6) is 0 Å². The van der Waals surface area contributed by atoms with Crippen LogP contribution in [-0.2, 0) is 21.4 Å². The SMILES string of the molecule is O=C(NCc1cccnc1)[C@@H]1CCCN1S(=O)(=O)c1ccc(F)cc1. The first kappa shape index (κ1) is 17.5. The lowest BCUT2D eigenvalue weighted by molar-refractivity contribution is -0.124. The number of hydrogen-bond acceptors (Lipinski definition) is 4. The zero-order chi connectivity index (χ0) is 17.9. The van der Waals surface area contributed by atoms with Crippen LogP contribution in [0.15, 0.2) is 53.7 Å². The van der Waals surface area contributed by atoms with Gasteiger partial charge in [-0.2, -0.15) is 4.31 Å². The zero-order valence-corrected chi connectivity index (χ0v) is 14.2. The van der Waals surface area contributed by atoms with Gasteiger partial charge in [0.2, 0.25) is 15.9 Å². The summed E-state index contributed by atoms with van der Waals surface area (Å²) in [6.07, 6.45) is 4.34. The molecule has 1 N–H and O–H groups in total. The first-order valence-electron chi connectivity index (χ1n) is 7.92. The molecule has 1 amide bonds. The summed E-state index contributed by atoms with van der Waals surface area (Å²) in [4.78, 5) is 16.4. The molecule has 0 spiro atoms. The normalized spacial score (nSPS) is 18.2. The number of rotatable bonds is 5. The van der Waals surface area contributed by atoms with Crippen LogP contribution in [-0.4, -0.2) is 36.2 Å². The molecular weight excluding hydrogens is 345 g/mol. The second kappa shape index (κ2) is 7.28. The van der Waals surface area contributed by atoms with Gasteiger partial charge in [-0.1, -0.05) is 6.07 Å². The number of aromatic nitrogens is 1. The number of nitrogens with zero attached hydrogens (tertiary/aromatic N) is 2. The Balaban J connectivity index is 1.73. The highest BCUT2D eigenvalue weighted by molar-refractivity contribution is 7.89. The highest BCUT2D eigenvalue weighted by Crippen LogP contribution is 2.26. The molecule has 1 saturated heterocycles. The Morgan fingerprint density at radius 2 is 2.04 bits per heavy atom. The Morgan fingerprint density at radius 1 is 1.28 bits per heavy atom. The van der Waals surface area contributed by atoms with Crippen molar-refractivity contribution in [3.8, 4) is 0 Å². The summed E-state index contributed by atoms with van der Waals surface area (Å²) in [5.41, 5.74) is 0.835. The monoisotopic (exact) mass is 363 g/mol. The Hall–Kier alpha value is -2.32. The molecule has 1 aromatic heterocycles. The van der Waals surface area contributed by atoms with Gasteiger partial charge in [0.15, 0.2) is 0 Å². The molecule has 2 aromatic rings. The van der Waals surface area contributed by atoms with Gasteiger partial charge in [0.25, 0.3) is 0 Å². The summed E-state index contributed by atoms with van der Waals surface area (Å²) in [5, 5.41) is 2.76. The molecule has 1 atom stereocenters. The van der Waals surface area contributed by atoms with E-state index in [0.29, 0.717) is 12.8 Å². The number of nitrogens with one attached hydrogen (secondary N) is 1. The highest BCUT2D eigenvalue weighted by Gasteiger charge is 2.39.